The average molecular weight is 378 g/mol. The number of hydrogen-bond acceptors (Lipinski definition) is 4. The number of nitrogens with one attached hydrogen (secondary N) is 2. The summed E-state index contributed by atoms with van der Waals surface area (Å²) in [7, 11) is 1.57. The predicted molar refractivity (Wildman–Crippen MR) is 110 cm³/mol. The van der Waals surface area contributed by atoms with Crippen LogP contribution in [0.4, 0.5) is 5.69 Å². The predicted octanol–water partition coefficient (Wildman–Crippen LogP) is 4.61. The van der Waals surface area contributed by atoms with Crippen LogP contribution in [-0.4, -0.2) is 18.1 Å². The summed E-state index contributed by atoms with van der Waals surface area (Å²) >= 11 is 5.20. The average Bonchev–Trinajstić information content (AvgIpc) is 2.70. The maximum atomic E-state index is 12.2. The number of thiocarbonyl (C=S) groups is 1. The first-order chi connectivity index (χ1) is 13.1. The van der Waals surface area contributed by atoms with Crippen molar-refractivity contribution < 1.29 is 14.3 Å². The van der Waals surface area contributed by atoms with Gasteiger partial charge in [0, 0.05) is 11.3 Å². The summed E-state index contributed by atoms with van der Waals surface area (Å²) in [4.78, 5) is 12.2. The Morgan fingerprint density at radius 3 is 2.04 bits per heavy atom. The van der Waals surface area contributed by atoms with Gasteiger partial charge in [-0.15, -0.1) is 0 Å². The molecular weight excluding hydrogens is 360 g/mol. The van der Waals surface area contributed by atoms with Crippen LogP contribution in [0.5, 0.6) is 17.2 Å². The molecule has 0 radical (unpaired) electrons. The van der Waals surface area contributed by atoms with Crippen molar-refractivity contribution in [3.05, 3.63) is 84.4 Å². The Morgan fingerprint density at radius 1 is 0.815 bits per heavy atom. The van der Waals surface area contributed by atoms with E-state index in [9.17, 15) is 4.79 Å². The molecule has 0 fully saturated rings. The highest BCUT2D eigenvalue weighted by atomic mass is 32.1. The van der Waals surface area contributed by atoms with Crippen LogP contribution in [0.2, 0.25) is 0 Å². The van der Waals surface area contributed by atoms with Crippen LogP contribution in [0.25, 0.3) is 0 Å². The lowest BCUT2D eigenvalue weighted by Crippen LogP contribution is -2.34. The number of anilines is 1. The van der Waals surface area contributed by atoms with Crippen LogP contribution in [0.3, 0.4) is 0 Å². The van der Waals surface area contributed by atoms with Crippen molar-refractivity contribution in [1.29, 1.82) is 0 Å². The van der Waals surface area contributed by atoms with Gasteiger partial charge in [0.2, 0.25) is 0 Å². The molecule has 0 aliphatic carbocycles. The molecule has 0 saturated heterocycles. The van der Waals surface area contributed by atoms with Crippen LogP contribution in [0.15, 0.2) is 78.9 Å². The first-order valence-electron chi connectivity index (χ1n) is 8.23. The number of amides is 1. The van der Waals surface area contributed by atoms with Crippen molar-refractivity contribution in [2.45, 2.75) is 0 Å². The molecule has 3 aromatic carbocycles. The molecule has 6 heteroatoms. The maximum Gasteiger partial charge on any atom is 0.257 e. The molecule has 136 valence electrons. The SMILES string of the molecule is COc1ccc(C(=O)NC(=S)Nc2ccc(Oc3ccccc3)cc2)cc1. The molecule has 0 atom stereocenters. The van der Waals surface area contributed by atoms with Crippen molar-refractivity contribution in [2.75, 3.05) is 12.4 Å². The highest BCUT2D eigenvalue weighted by molar-refractivity contribution is 7.80. The fourth-order valence-electron chi connectivity index (χ4n) is 2.31. The van der Waals surface area contributed by atoms with Gasteiger partial charge in [0.1, 0.15) is 17.2 Å². The van der Waals surface area contributed by atoms with E-state index in [-0.39, 0.29) is 11.0 Å². The molecular formula is C21H18N2O3S. The van der Waals surface area contributed by atoms with E-state index in [0.717, 1.165) is 11.4 Å². The van der Waals surface area contributed by atoms with Gasteiger partial charge in [0.15, 0.2) is 5.11 Å². The van der Waals surface area contributed by atoms with E-state index < -0.39 is 0 Å². The minimum absolute atomic E-state index is 0.215. The monoisotopic (exact) mass is 378 g/mol. The van der Waals surface area contributed by atoms with Crippen LogP contribution >= 0.6 is 12.2 Å². The molecule has 0 aliphatic heterocycles. The van der Waals surface area contributed by atoms with Gasteiger partial charge in [-0.2, -0.15) is 0 Å². The zero-order chi connectivity index (χ0) is 19.1. The minimum atomic E-state index is -0.292. The Bertz CT molecular complexity index is 910. The van der Waals surface area contributed by atoms with E-state index in [2.05, 4.69) is 10.6 Å². The van der Waals surface area contributed by atoms with E-state index in [0.29, 0.717) is 17.1 Å². The van der Waals surface area contributed by atoms with Gasteiger partial charge in [0.05, 0.1) is 7.11 Å². The van der Waals surface area contributed by atoms with E-state index in [4.69, 9.17) is 21.7 Å². The van der Waals surface area contributed by atoms with Crippen molar-refractivity contribution in [3.63, 3.8) is 0 Å². The first kappa shape index (κ1) is 18.4. The number of ether oxygens (including phenoxy) is 2. The number of para-hydroxylation sites is 1. The Balaban J connectivity index is 1.54. The van der Waals surface area contributed by atoms with Crippen molar-refractivity contribution in [1.82, 2.24) is 5.32 Å². The second-order valence-corrected chi connectivity index (χ2v) is 5.98. The van der Waals surface area contributed by atoms with Gasteiger partial charge >= 0.3 is 0 Å². The number of carbonyl (C=O) groups is 1. The molecule has 0 bridgehead atoms. The van der Waals surface area contributed by atoms with Crippen LogP contribution < -0.4 is 20.1 Å². The van der Waals surface area contributed by atoms with E-state index in [1.54, 1.807) is 31.4 Å². The normalized spacial score (nSPS) is 9.96. The largest absolute Gasteiger partial charge is 0.497 e. The molecule has 27 heavy (non-hydrogen) atoms. The zero-order valence-electron chi connectivity index (χ0n) is 14.6. The summed E-state index contributed by atoms with van der Waals surface area (Å²) in [5.41, 5.74) is 1.24. The van der Waals surface area contributed by atoms with Crippen LogP contribution in [-0.2, 0) is 0 Å². The zero-order valence-corrected chi connectivity index (χ0v) is 15.5. The summed E-state index contributed by atoms with van der Waals surface area (Å²) in [6, 6.07) is 23.6. The van der Waals surface area contributed by atoms with Gasteiger partial charge in [0.25, 0.3) is 5.91 Å². The van der Waals surface area contributed by atoms with Gasteiger partial charge in [-0.05, 0) is 72.9 Å². The molecule has 0 unspecified atom stereocenters. The second kappa shape index (κ2) is 8.82. The minimum Gasteiger partial charge on any atom is -0.497 e. The summed E-state index contributed by atoms with van der Waals surface area (Å²) in [6.07, 6.45) is 0. The second-order valence-electron chi connectivity index (χ2n) is 5.58. The van der Waals surface area contributed by atoms with Gasteiger partial charge in [-0.25, -0.2) is 0 Å². The number of rotatable bonds is 5. The molecule has 3 rings (SSSR count). The van der Waals surface area contributed by atoms with E-state index in [1.165, 1.54) is 0 Å². The third-order valence-electron chi connectivity index (χ3n) is 3.67. The summed E-state index contributed by atoms with van der Waals surface area (Å²) in [5, 5.41) is 5.84. The number of carbonyl (C=O) groups excluding carboxylic acids is 1. The quantitative estimate of drug-likeness (QED) is 0.635. The third kappa shape index (κ3) is 5.29. The van der Waals surface area contributed by atoms with Gasteiger partial charge < -0.3 is 14.8 Å². The summed E-state index contributed by atoms with van der Waals surface area (Å²) in [6.45, 7) is 0. The molecule has 0 heterocycles. The van der Waals surface area contributed by atoms with Gasteiger partial charge in [-0.1, -0.05) is 18.2 Å². The van der Waals surface area contributed by atoms with Crippen molar-refractivity contribution >= 4 is 28.9 Å². The van der Waals surface area contributed by atoms with E-state index in [1.807, 2.05) is 54.6 Å². The topological polar surface area (TPSA) is 59.6 Å². The van der Waals surface area contributed by atoms with Crippen LogP contribution in [0, 0.1) is 0 Å². The Kier molecular flexibility index (Phi) is 6.02. The first-order valence-corrected chi connectivity index (χ1v) is 8.64. The Morgan fingerprint density at radius 2 is 1.41 bits per heavy atom. The lowest BCUT2D eigenvalue weighted by atomic mass is 10.2. The molecule has 3 aromatic rings. The highest BCUT2D eigenvalue weighted by Gasteiger charge is 2.08. The van der Waals surface area contributed by atoms with Crippen LogP contribution in [0.1, 0.15) is 10.4 Å². The highest BCUT2D eigenvalue weighted by Crippen LogP contribution is 2.22. The maximum absolute atomic E-state index is 12.2. The fraction of sp³-hybridized carbons (Fsp3) is 0.0476. The number of methoxy groups -OCH3 is 1. The molecule has 0 aliphatic rings. The molecule has 0 aromatic heterocycles. The summed E-state index contributed by atoms with van der Waals surface area (Å²) in [5.74, 6) is 1.87. The summed E-state index contributed by atoms with van der Waals surface area (Å²) < 4.78 is 10.8. The van der Waals surface area contributed by atoms with Gasteiger partial charge in [-0.3, -0.25) is 10.1 Å². The number of benzene rings is 3. The molecule has 0 spiro atoms. The molecule has 5 nitrogen and oxygen atoms in total. The number of hydrogen-bond donors (Lipinski definition) is 2. The Labute approximate surface area is 162 Å². The lowest BCUT2D eigenvalue weighted by molar-refractivity contribution is 0.0977. The smallest absolute Gasteiger partial charge is 0.257 e. The standard InChI is InChI=1S/C21H18N2O3S/c1-25-17-11-7-15(8-12-17)20(24)23-21(27)22-16-9-13-19(14-10-16)26-18-5-3-2-4-6-18/h2-14H,1H3,(H2,22,23,24,27). The third-order valence-corrected chi connectivity index (χ3v) is 3.87. The molecule has 2 N–H and O–H groups in total. The van der Waals surface area contributed by atoms with Crippen molar-refractivity contribution in [3.8, 4) is 17.2 Å². The lowest BCUT2D eigenvalue weighted by Gasteiger charge is -2.11. The van der Waals surface area contributed by atoms with E-state index >= 15 is 0 Å². The fourth-order valence-corrected chi connectivity index (χ4v) is 2.52. The van der Waals surface area contributed by atoms with Crippen molar-refractivity contribution in [2.24, 2.45) is 0 Å². The molecule has 1 amide bonds. The Hall–Kier alpha value is -3.38. The molecule has 0 saturated carbocycles.